The smallest absolute Gasteiger partial charge is 0.230 e. The monoisotopic (exact) mass is 338 g/mol. The van der Waals surface area contributed by atoms with Crippen molar-refractivity contribution in [3.8, 4) is 22.8 Å². The number of hydrogen-bond acceptors (Lipinski definition) is 5. The maximum atomic E-state index is 12.2. The highest BCUT2D eigenvalue weighted by Gasteiger charge is 2.12. The highest BCUT2D eigenvalue weighted by molar-refractivity contribution is 5.92. The van der Waals surface area contributed by atoms with E-state index in [0.29, 0.717) is 28.6 Å². The molecule has 3 aromatic rings. The normalized spacial score (nSPS) is 10.3. The molecule has 6 nitrogen and oxygen atoms in total. The van der Waals surface area contributed by atoms with Gasteiger partial charge in [-0.3, -0.25) is 4.79 Å². The van der Waals surface area contributed by atoms with Gasteiger partial charge in [-0.05, 0) is 12.1 Å². The molecule has 128 valence electrons. The number of rotatable bonds is 6. The molecular formula is C19H18N2O4. The number of nitrogens with one attached hydrogen (secondary N) is 1. The minimum Gasteiger partial charge on any atom is -0.493 e. The molecule has 1 aromatic heterocycles. The summed E-state index contributed by atoms with van der Waals surface area (Å²) in [5, 5.41) is 6.76. The topological polar surface area (TPSA) is 73.6 Å². The second kappa shape index (κ2) is 7.53. The fourth-order valence-electron chi connectivity index (χ4n) is 2.42. The molecule has 2 aromatic carbocycles. The molecule has 0 atom stereocenters. The van der Waals surface area contributed by atoms with Crippen molar-refractivity contribution >= 4 is 11.6 Å². The Bertz CT molecular complexity index is 859. The van der Waals surface area contributed by atoms with Crippen LogP contribution in [0.2, 0.25) is 0 Å². The number of aromatic nitrogens is 1. The quantitative estimate of drug-likeness (QED) is 0.744. The summed E-state index contributed by atoms with van der Waals surface area (Å²) in [5.41, 5.74) is 2.10. The molecule has 0 bridgehead atoms. The lowest BCUT2D eigenvalue weighted by Crippen LogP contribution is -2.14. The number of nitrogens with zero attached hydrogens (tertiary/aromatic N) is 1. The Kier molecular flexibility index (Phi) is 4.99. The number of amides is 1. The van der Waals surface area contributed by atoms with Gasteiger partial charge in [0.25, 0.3) is 0 Å². The van der Waals surface area contributed by atoms with Gasteiger partial charge in [-0.1, -0.05) is 35.5 Å². The lowest BCUT2D eigenvalue weighted by Gasteiger charge is -2.10. The van der Waals surface area contributed by atoms with Crippen LogP contribution in [0.3, 0.4) is 0 Å². The molecule has 3 rings (SSSR count). The Balaban J connectivity index is 1.66. The predicted octanol–water partition coefficient (Wildman–Crippen LogP) is 3.54. The molecule has 1 amide bonds. The molecule has 0 fully saturated rings. The fraction of sp³-hybridized carbons (Fsp3) is 0.158. The zero-order valence-corrected chi connectivity index (χ0v) is 14.0. The molecule has 0 aliphatic rings. The van der Waals surface area contributed by atoms with Gasteiger partial charge in [-0.2, -0.15) is 0 Å². The Morgan fingerprint density at radius 2 is 1.80 bits per heavy atom. The summed E-state index contributed by atoms with van der Waals surface area (Å²) in [4.78, 5) is 12.2. The van der Waals surface area contributed by atoms with E-state index in [1.165, 1.54) is 0 Å². The first kappa shape index (κ1) is 16.6. The lowest BCUT2D eigenvalue weighted by molar-refractivity contribution is -0.115. The first-order valence-electron chi connectivity index (χ1n) is 7.72. The van der Waals surface area contributed by atoms with Crippen LogP contribution in [-0.2, 0) is 11.2 Å². The second-order valence-corrected chi connectivity index (χ2v) is 5.34. The Morgan fingerprint density at radius 3 is 2.52 bits per heavy atom. The molecular weight excluding hydrogens is 320 g/mol. The van der Waals surface area contributed by atoms with Gasteiger partial charge in [0, 0.05) is 23.4 Å². The number of carbonyl (C=O) groups excluding carboxylic acids is 1. The molecule has 1 heterocycles. The molecule has 0 aliphatic heterocycles. The van der Waals surface area contributed by atoms with E-state index in [1.807, 2.05) is 30.3 Å². The average molecular weight is 338 g/mol. The van der Waals surface area contributed by atoms with Gasteiger partial charge < -0.3 is 19.3 Å². The average Bonchev–Trinajstić information content (AvgIpc) is 3.10. The summed E-state index contributed by atoms with van der Waals surface area (Å²) in [6.07, 6.45) is 0.116. The summed E-state index contributed by atoms with van der Waals surface area (Å²) in [7, 11) is 3.11. The maximum Gasteiger partial charge on any atom is 0.230 e. The van der Waals surface area contributed by atoms with Gasteiger partial charge in [0.15, 0.2) is 17.3 Å². The SMILES string of the molecule is COc1ccc(NC(=O)Cc2cc(-c3ccccc3)on2)cc1OC. The van der Waals surface area contributed by atoms with Crippen molar-refractivity contribution in [3.05, 3.63) is 60.3 Å². The zero-order valence-electron chi connectivity index (χ0n) is 14.0. The Labute approximate surface area is 145 Å². The number of ether oxygens (including phenoxy) is 2. The fourth-order valence-corrected chi connectivity index (χ4v) is 2.42. The van der Waals surface area contributed by atoms with Gasteiger partial charge in [-0.25, -0.2) is 0 Å². The summed E-state index contributed by atoms with van der Waals surface area (Å²) >= 11 is 0. The minimum absolute atomic E-state index is 0.116. The number of carbonyl (C=O) groups is 1. The zero-order chi connectivity index (χ0) is 17.6. The maximum absolute atomic E-state index is 12.2. The molecule has 6 heteroatoms. The molecule has 1 N–H and O–H groups in total. The van der Waals surface area contributed by atoms with Crippen LogP contribution in [0, 0.1) is 0 Å². The summed E-state index contributed by atoms with van der Waals surface area (Å²) < 4.78 is 15.7. The summed E-state index contributed by atoms with van der Waals surface area (Å²) in [6.45, 7) is 0. The largest absolute Gasteiger partial charge is 0.493 e. The summed E-state index contributed by atoms with van der Waals surface area (Å²) in [5.74, 6) is 1.59. The van der Waals surface area contributed by atoms with Crippen LogP contribution >= 0.6 is 0 Å². The van der Waals surface area contributed by atoms with Gasteiger partial charge in [-0.15, -0.1) is 0 Å². The van der Waals surface area contributed by atoms with Crippen LogP contribution in [0.5, 0.6) is 11.5 Å². The van der Waals surface area contributed by atoms with Crippen molar-refractivity contribution in [2.75, 3.05) is 19.5 Å². The van der Waals surface area contributed by atoms with E-state index in [9.17, 15) is 4.79 Å². The third kappa shape index (κ3) is 3.98. The third-order valence-corrected chi connectivity index (χ3v) is 3.63. The number of benzene rings is 2. The van der Waals surface area contributed by atoms with Crippen molar-refractivity contribution in [1.82, 2.24) is 5.16 Å². The van der Waals surface area contributed by atoms with Crippen LogP contribution in [-0.4, -0.2) is 25.3 Å². The number of hydrogen-bond donors (Lipinski definition) is 1. The molecule has 0 radical (unpaired) electrons. The standard InChI is InChI=1S/C19H18N2O4/c1-23-16-9-8-14(10-18(16)24-2)20-19(22)12-15-11-17(25-21-15)13-6-4-3-5-7-13/h3-11H,12H2,1-2H3,(H,20,22). The van der Waals surface area contributed by atoms with Crippen LogP contribution in [0.4, 0.5) is 5.69 Å². The highest BCUT2D eigenvalue weighted by atomic mass is 16.5. The number of anilines is 1. The van der Waals surface area contributed by atoms with Crippen molar-refractivity contribution < 1.29 is 18.8 Å². The van der Waals surface area contributed by atoms with E-state index in [-0.39, 0.29) is 12.3 Å². The van der Waals surface area contributed by atoms with E-state index in [4.69, 9.17) is 14.0 Å². The molecule has 0 spiro atoms. The van der Waals surface area contributed by atoms with Crippen LogP contribution < -0.4 is 14.8 Å². The van der Waals surface area contributed by atoms with E-state index in [0.717, 1.165) is 5.56 Å². The highest BCUT2D eigenvalue weighted by Crippen LogP contribution is 2.29. The van der Waals surface area contributed by atoms with Crippen molar-refractivity contribution in [1.29, 1.82) is 0 Å². The molecule has 25 heavy (non-hydrogen) atoms. The van der Waals surface area contributed by atoms with Crippen LogP contribution in [0.1, 0.15) is 5.69 Å². The second-order valence-electron chi connectivity index (χ2n) is 5.34. The predicted molar refractivity (Wildman–Crippen MR) is 93.8 cm³/mol. The van der Waals surface area contributed by atoms with Crippen molar-refractivity contribution in [3.63, 3.8) is 0 Å². The van der Waals surface area contributed by atoms with Gasteiger partial charge in [0.2, 0.25) is 5.91 Å². The van der Waals surface area contributed by atoms with E-state index >= 15 is 0 Å². The van der Waals surface area contributed by atoms with E-state index < -0.39 is 0 Å². The van der Waals surface area contributed by atoms with Crippen LogP contribution in [0.15, 0.2) is 59.1 Å². The molecule has 0 unspecified atom stereocenters. The summed E-state index contributed by atoms with van der Waals surface area (Å²) in [6, 6.07) is 16.6. The van der Waals surface area contributed by atoms with E-state index in [2.05, 4.69) is 10.5 Å². The van der Waals surface area contributed by atoms with Gasteiger partial charge in [0.05, 0.1) is 26.3 Å². The minimum atomic E-state index is -0.194. The molecule has 0 aliphatic carbocycles. The van der Waals surface area contributed by atoms with Crippen molar-refractivity contribution in [2.45, 2.75) is 6.42 Å². The molecule has 0 saturated carbocycles. The number of methoxy groups -OCH3 is 2. The van der Waals surface area contributed by atoms with Crippen molar-refractivity contribution in [2.24, 2.45) is 0 Å². The lowest BCUT2D eigenvalue weighted by atomic mass is 10.1. The van der Waals surface area contributed by atoms with Gasteiger partial charge in [0.1, 0.15) is 0 Å². The Hall–Kier alpha value is -3.28. The first-order chi connectivity index (χ1) is 12.2. The van der Waals surface area contributed by atoms with Crippen LogP contribution in [0.25, 0.3) is 11.3 Å². The third-order valence-electron chi connectivity index (χ3n) is 3.63. The van der Waals surface area contributed by atoms with E-state index in [1.54, 1.807) is 38.5 Å². The van der Waals surface area contributed by atoms with Gasteiger partial charge >= 0.3 is 0 Å². The Morgan fingerprint density at radius 1 is 1.04 bits per heavy atom. The molecule has 0 saturated heterocycles. The first-order valence-corrected chi connectivity index (χ1v) is 7.72.